The summed E-state index contributed by atoms with van der Waals surface area (Å²) in [6.45, 7) is 7.42. The summed E-state index contributed by atoms with van der Waals surface area (Å²) in [5.74, 6) is 0.632. The zero-order valence-corrected chi connectivity index (χ0v) is 12.6. The summed E-state index contributed by atoms with van der Waals surface area (Å²) in [5, 5.41) is 0. The Morgan fingerprint density at radius 1 is 1.30 bits per heavy atom. The molecule has 0 saturated carbocycles. The Hall–Kier alpha value is -1.61. The van der Waals surface area contributed by atoms with Gasteiger partial charge in [-0.25, -0.2) is 0 Å². The number of hydrogen-bond donors (Lipinski definition) is 0. The summed E-state index contributed by atoms with van der Waals surface area (Å²) in [6, 6.07) is 7.25. The lowest BCUT2D eigenvalue weighted by Crippen LogP contribution is -2.05. The Balaban J connectivity index is 2.46. The summed E-state index contributed by atoms with van der Waals surface area (Å²) >= 11 is 0. The van der Waals surface area contributed by atoms with Gasteiger partial charge in [-0.05, 0) is 44.9 Å². The Labute approximate surface area is 121 Å². The van der Waals surface area contributed by atoms with Crippen LogP contribution in [0.4, 0.5) is 0 Å². The lowest BCUT2D eigenvalue weighted by atomic mass is 10.1. The molecule has 20 heavy (non-hydrogen) atoms. The van der Waals surface area contributed by atoms with E-state index in [1.807, 2.05) is 32.0 Å². The molecule has 0 atom stereocenters. The molecule has 0 aliphatic rings. The first-order valence-corrected chi connectivity index (χ1v) is 7.13. The maximum Gasteiger partial charge on any atom is 0.153 e. The smallest absolute Gasteiger partial charge is 0.153 e. The fourth-order valence-electron chi connectivity index (χ4n) is 1.81. The molecule has 0 aliphatic heterocycles. The molecule has 0 fully saturated rings. The van der Waals surface area contributed by atoms with E-state index in [0.717, 1.165) is 25.7 Å². The van der Waals surface area contributed by atoms with Gasteiger partial charge in [0.15, 0.2) is 6.29 Å². The number of para-hydroxylation sites is 1. The molecule has 0 amide bonds. The summed E-state index contributed by atoms with van der Waals surface area (Å²) in [5.41, 5.74) is 1.90. The molecule has 3 heteroatoms. The predicted octanol–water partition coefficient (Wildman–Crippen LogP) is 4.03. The van der Waals surface area contributed by atoms with Gasteiger partial charge in [-0.2, -0.15) is 0 Å². The van der Waals surface area contributed by atoms with Crippen molar-refractivity contribution in [1.29, 1.82) is 0 Å². The SMILES string of the molecule is CCC(=CCOc1ccccc1C=O)CCOC(C)C. The zero-order chi connectivity index (χ0) is 14.8. The van der Waals surface area contributed by atoms with Crippen molar-refractivity contribution in [3.05, 3.63) is 41.5 Å². The third-order valence-electron chi connectivity index (χ3n) is 2.99. The molecule has 0 aliphatic carbocycles. The fourth-order valence-corrected chi connectivity index (χ4v) is 1.81. The fraction of sp³-hybridized carbons (Fsp3) is 0.471. The van der Waals surface area contributed by atoms with Crippen molar-refractivity contribution in [3.63, 3.8) is 0 Å². The largest absolute Gasteiger partial charge is 0.489 e. The van der Waals surface area contributed by atoms with Crippen LogP contribution in [0.25, 0.3) is 0 Å². The number of hydrogen-bond acceptors (Lipinski definition) is 3. The lowest BCUT2D eigenvalue weighted by Gasteiger charge is -2.10. The van der Waals surface area contributed by atoms with Crippen molar-refractivity contribution >= 4 is 6.29 Å². The van der Waals surface area contributed by atoms with Gasteiger partial charge in [0.25, 0.3) is 0 Å². The first kappa shape index (κ1) is 16.4. The summed E-state index contributed by atoms with van der Waals surface area (Å²) in [4.78, 5) is 10.9. The van der Waals surface area contributed by atoms with E-state index in [4.69, 9.17) is 9.47 Å². The molecule has 0 radical (unpaired) electrons. The first-order chi connectivity index (χ1) is 9.67. The molecule has 3 nitrogen and oxygen atoms in total. The van der Waals surface area contributed by atoms with Crippen LogP contribution in [0.3, 0.4) is 0 Å². The lowest BCUT2D eigenvalue weighted by molar-refractivity contribution is 0.0809. The Morgan fingerprint density at radius 3 is 2.70 bits per heavy atom. The second-order valence-corrected chi connectivity index (χ2v) is 4.85. The van der Waals surface area contributed by atoms with Crippen LogP contribution in [0.1, 0.15) is 44.0 Å². The van der Waals surface area contributed by atoms with E-state index in [-0.39, 0.29) is 6.10 Å². The van der Waals surface area contributed by atoms with E-state index in [9.17, 15) is 4.79 Å². The van der Waals surface area contributed by atoms with Gasteiger partial charge in [-0.3, -0.25) is 4.79 Å². The van der Waals surface area contributed by atoms with Crippen LogP contribution >= 0.6 is 0 Å². The van der Waals surface area contributed by atoms with E-state index < -0.39 is 0 Å². The van der Waals surface area contributed by atoms with Crippen molar-refractivity contribution in [2.75, 3.05) is 13.2 Å². The molecule has 0 heterocycles. The number of benzene rings is 1. The summed E-state index contributed by atoms with van der Waals surface area (Å²) in [7, 11) is 0. The molecule has 0 bridgehead atoms. The maximum absolute atomic E-state index is 10.9. The number of ether oxygens (including phenoxy) is 2. The molecule has 0 unspecified atom stereocenters. The number of rotatable bonds is 9. The minimum Gasteiger partial charge on any atom is -0.489 e. The molecule has 110 valence electrons. The van der Waals surface area contributed by atoms with Crippen molar-refractivity contribution in [2.45, 2.75) is 39.7 Å². The monoisotopic (exact) mass is 276 g/mol. The Morgan fingerprint density at radius 2 is 2.05 bits per heavy atom. The van der Waals surface area contributed by atoms with E-state index >= 15 is 0 Å². The van der Waals surface area contributed by atoms with Crippen molar-refractivity contribution in [1.82, 2.24) is 0 Å². The van der Waals surface area contributed by atoms with Gasteiger partial charge in [-0.15, -0.1) is 0 Å². The Bertz CT molecular complexity index is 436. The third-order valence-corrected chi connectivity index (χ3v) is 2.99. The standard InChI is InChI=1S/C17H24O3/c1-4-15(9-11-19-14(2)3)10-12-20-17-8-6-5-7-16(17)13-18/h5-8,10,13-14H,4,9,11-12H2,1-3H3. The number of carbonyl (C=O) groups excluding carboxylic acids is 1. The van der Waals surface area contributed by atoms with Crippen LogP contribution in [0, 0.1) is 0 Å². The van der Waals surface area contributed by atoms with Crippen molar-refractivity contribution in [3.8, 4) is 5.75 Å². The van der Waals surface area contributed by atoms with Crippen LogP contribution in [0.5, 0.6) is 5.75 Å². The molecular formula is C17H24O3. The molecule has 1 rings (SSSR count). The van der Waals surface area contributed by atoms with Crippen molar-refractivity contribution < 1.29 is 14.3 Å². The maximum atomic E-state index is 10.9. The topological polar surface area (TPSA) is 35.5 Å². The van der Waals surface area contributed by atoms with E-state index in [0.29, 0.717) is 17.9 Å². The van der Waals surface area contributed by atoms with Crippen LogP contribution < -0.4 is 4.74 Å². The van der Waals surface area contributed by atoms with Crippen LogP contribution in [0.15, 0.2) is 35.9 Å². The average Bonchev–Trinajstić information content (AvgIpc) is 2.45. The van der Waals surface area contributed by atoms with Gasteiger partial charge in [0, 0.05) is 0 Å². The highest BCUT2D eigenvalue weighted by Gasteiger charge is 2.01. The average molecular weight is 276 g/mol. The minimum atomic E-state index is 0.267. The molecular weight excluding hydrogens is 252 g/mol. The van der Waals surface area contributed by atoms with Gasteiger partial charge in [0.2, 0.25) is 0 Å². The van der Waals surface area contributed by atoms with Crippen LogP contribution in [-0.4, -0.2) is 25.6 Å². The molecule has 0 saturated heterocycles. The van der Waals surface area contributed by atoms with Crippen molar-refractivity contribution in [2.24, 2.45) is 0 Å². The van der Waals surface area contributed by atoms with Gasteiger partial charge >= 0.3 is 0 Å². The quantitative estimate of drug-likeness (QED) is 0.504. The number of carbonyl (C=O) groups is 1. The highest BCUT2D eigenvalue weighted by Crippen LogP contribution is 2.16. The normalized spacial score (nSPS) is 11.7. The second-order valence-electron chi connectivity index (χ2n) is 4.85. The summed E-state index contributed by atoms with van der Waals surface area (Å²) in [6.07, 6.45) is 5.07. The number of aldehydes is 1. The van der Waals surface area contributed by atoms with Gasteiger partial charge in [0.05, 0.1) is 18.3 Å². The van der Waals surface area contributed by atoms with Gasteiger partial charge < -0.3 is 9.47 Å². The van der Waals surface area contributed by atoms with Crippen LogP contribution in [0.2, 0.25) is 0 Å². The van der Waals surface area contributed by atoms with E-state index in [2.05, 4.69) is 13.0 Å². The highest BCUT2D eigenvalue weighted by atomic mass is 16.5. The minimum absolute atomic E-state index is 0.267. The molecule has 0 spiro atoms. The summed E-state index contributed by atoms with van der Waals surface area (Å²) < 4.78 is 11.2. The molecule has 1 aromatic rings. The van der Waals surface area contributed by atoms with Gasteiger partial charge in [0.1, 0.15) is 12.4 Å². The second kappa shape index (κ2) is 9.32. The van der Waals surface area contributed by atoms with E-state index in [1.165, 1.54) is 5.57 Å². The molecule has 0 aromatic heterocycles. The highest BCUT2D eigenvalue weighted by molar-refractivity contribution is 5.79. The van der Waals surface area contributed by atoms with Crippen LogP contribution in [-0.2, 0) is 4.74 Å². The van der Waals surface area contributed by atoms with Gasteiger partial charge in [-0.1, -0.05) is 24.6 Å². The van der Waals surface area contributed by atoms with E-state index in [1.54, 1.807) is 6.07 Å². The first-order valence-electron chi connectivity index (χ1n) is 7.13. The predicted molar refractivity (Wildman–Crippen MR) is 81.4 cm³/mol. The Kier molecular flexibility index (Phi) is 7.66. The third kappa shape index (κ3) is 6.02. The molecule has 1 aromatic carbocycles. The molecule has 0 N–H and O–H groups in total. The zero-order valence-electron chi connectivity index (χ0n) is 12.6.